The largest absolute Gasteiger partial charge is 0.375 e. The molecule has 0 bridgehead atoms. The van der Waals surface area contributed by atoms with Crippen molar-refractivity contribution in [1.82, 2.24) is 9.97 Å². The van der Waals surface area contributed by atoms with Gasteiger partial charge in [-0.25, -0.2) is 4.98 Å². The van der Waals surface area contributed by atoms with Crippen molar-refractivity contribution in [2.24, 2.45) is 0 Å². The maximum atomic E-state index is 6.05. The summed E-state index contributed by atoms with van der Waals surface area (Å²) in [6, 6.07) is 2.13. The van der Waals surface area contributed by atoms with Gasteiger partial charge in [0, 0.05) is 17.3 Å². The number of hydrogen-bond acceptors (Lipinski definition) is 4. The normalized spacial score (nSPS) is 12.4. The standard InChI is InChI=1S/C11H12ClN3S/c1-7-3-4-14-11(12)10(7)15-8(2)9-5-13-6-16-9/h3-6,8,15H,1-2H3. The third kappa shape index (κ3) is 2.33. The maximum absolute atomic E-state index is 6.05. The number of aryl methyl sites for hydroxylation is 1. The summed E-state index contributed by atoms with van der Waals surface area (Å²) in [6.07, 6.45) is 3.57. The molecule has 5 heteroatoms. The summed E-state index contributed by atoms with van der Waals surface area (Å²) in [5, 5.41) is 3.87. The second kappa shape index (κ2) is 4.80. The fourth-order valence-electron chi connectivity index (χ4n) is 1.43. The molecule has 0 saturated carbocycles. The van der Waals surface area contributed by atoms with E-state index in [-0.39, 0.29) is 6.04 Å². The summed E-state index contributed by atoms with van der Waals surface area (Å²) in [7, 11) is 0. The molecule has 2 aromatic rings. The van der Waals surface area contributed by atoms with Crippen molar-refractivity contribution in [2.75, 3.05) is 5.32 Å². The minimum Gasteiger partial charge on any atom is -0.375 e. The number of pyridine rings is 1. The average molecular weight is 254 g/mol. The van der Waals surface area contributed by atoms with Crippen LogP contribution in [0.1, 0.15) is 23.4 Å². The van der Waals surface area contributed by atoms with E-state index >= 15 is 0 Å². The Morgan fingerprint density at radius 1 is 1.50 bits per heavy atom. The van der Waals surface area contributed by atoms with Crippen LogP contribution in [0.25, 0.3) is 0 Å². The van der Waals surface area contributed by atoms with Crippen molar-refractivity contribution < 1.29 is 0 Å². The van der Waals surface area contributed by atoms with Gasteiger partial charge in [0.15, 0.2) is 5.15 Å². The number of hydrogen-bond donors (Lipinski definition) is 1. The van der Waals surface area contributed by atoms with Gasteiger partial charge in [-0.05, 0) is 25.5 Å². The summed E-state index contributed by atoms with van der Waals surface area (Å²) in [5.41, 5.74) is 3.81. The zero-order valence-corrected chi connectivity index (χ0v) is 10.6. The molecule has 2 aromatic heterocycles. The van der Waals surface area contributed by atoms with E-state index in [0.29, 0.717) is 5.15 Å². The molecule has 1 atom stereocenters. The third-order valence-corrected chi connectivity index (χ3v) is 3.60. The Hall–Kier alpha value is -1.13. The Morgan fingerprint density at radius 2 is 2.31 bits per heavy atom. The fraction of sp³-hybridized carbons (Fsp3) is 0.273. The monoisotopic (exact) mass is 253 g/mol. The van der Waals surface area contributed by atoms with Gasteiger partial charge in [0.1, 0.15) is 0 Å². The maximum Gasteiger partial charge on any atom is 0.152 e. The lowest BCUT2D eigenvalue weighted by Gasteiger charge is -2.15. The van der Waals surface area contributed by atoms with Gasteiger partial charge >= 0.3 is 0 Å². The van der Waals surface area contributed by atoms with Crippen molar-refractivity contribution in [3.63, 3.8) is 0 Å². The first-order valence-corrected chi connectivity index (χ1v) is 6.20. The van der Waals surface area contributed by atoms with Crippen LogP contribution in [0.5, 0.6) is 0 Å². The summed E-state index contributed by atoms with van der Waals surface area (Å²) in [4.78, 5) is 9.30. The summed E-state index contributed by atoms with van der Waals surface area (Å²) in [6.45, 7) is 4.09. The fourth-order valence-corrected chi connectivity index (χ4v) is 2.31. The lowest BCUT2D eigenvalue weighted by molar-refractivity contribution is 0.899. The third-order valence-electron chi connectivity index (χ3n) is 2.35. The Kier molecular flexibility index (Phi) is 3.41. The quantitative estimate of drug-likeness (QED) is 0.848. The van der Waals surface area contributed by atoms with E-state index < -0.39 is 0 Å². The first kappa shape index (κ1) is 11.4. The molecule has 0 fully saturated rings. The first-order valence-electron chi connectivity index (χ1n) is 4.94. The molecular formula is C11H12ClN3S. The van der Waals surface area contributed by atoms with Crippen LogP contribution in [0.3, 0.4) is 0 Å². The minimum absolute atomic E-state index is 0.188. The molecule has 84 valence electrons. The zero-order chi connectivity index (χ0) is 11.5. The topological polar surface area (TPSA) is 37.8 Å². The molecular weight excluding hydrogens is 242 g/mol. The van der Waals surface area contributed by atoms with Gasteiger partial charge in [-0.15, -0.1) is 11.3 Å². The highest BCUT2D eigenvalue weighted by Crippen LogP contribution is 2.28. The molecule has 2 rings (SSSR count). The van der Waals surface area contributed by atoms with Gasteiger partial charge in [-0.3, -0.25) is 4.98 Å². The van der Waals surface area contributed by atoms with E-state index in [2.05, 4.69) is 22.2 Å². The highest BCUT2D eigenvalue weighted by molar-refractivity contribution is 7.09. The smallest absolute Gasteiger partial charge is 0.152 e. The molecule has 16 heavy (non-hydrogen) atoms. The molecule has 0 saturated heterocycles. The van der Waals surface area contributed by atoms with Crippen LogP contribution >= 0.6 is 22.9 Å². The Labute approximate surface area is 104 Å². The van der Waals surface area contributed by atoms with Crippen LogP contribution in [-0.4, -0.2) is 9.97 Å². The van der Waals surface area contributed by atoms with Gasteiger partial charge in [0.25, 0.3) is 0 Å². The van der Waals surface area contributed by atoms with Crippen LogP contribution in [-0.2, 0) is 0 Å². The number of halogens is 1. The molecule has 0 amide bonds. The second-order valence-electron chi connectivity index (χ2n) is 3.56. The minimum atomic E-state index is 0.188. The molecule has 3 nitrogen and oxygen atoms in total. The summed E-state index contributed by atoms with van der Waals surface area (Å²) in [5.74, 6) is 0. The lowest BCUT2D eigenvalue weighted by Crippen LogP contribution is -2.07. The van der Waals surface area contributed by atoms with E-state index in [0.717, 1.165) is 11.3 Å². The van der Waals surface area contributed by atoms with Gasteiger partial charge < -0.3 is 5.32 Å². The molecule has 1 N–H and O–H groups in total. The number of nitrogens with zero attached hydrogens (tertiary/aromatic N) is 2. The molecule has 0 aromatic carbocycles. The SMILES string of the molecule is Cc1ccnc(Cl)c1NC(C)c1cncs1. The first-order chi connectivity index (χ1) is 7.68. The molecule has 0 aliphatic heterocycles. The summed E-state index contributed by atoms with van der Waals surface area (Å²) >= 11 is 7.67. The van der Waals surface area contributed by atoms with E-state index in [4.69, 9.17) is 11.6 Å². The number of thiazole rings is 1. The Balaban J connectivity index is 2.21. The number of aromatic nitrogens is 2. The molecule has 2 heterocycles. The van der Waals surface area contributed by atoms with E-state index in [1.54, 1.807) is 17.5 Å². The van der Waals surface area contributed by atoms with E-state index in [1.807, 2.05) is 24.7 Å². The van der Waals surface area contributed by atoms with Crippen LogP contribution in [0, 0.1) is 6.92 Å². The molecule has 0 aliphatic rings. The van der Waals surface area contributed by atoms with E-state index in [9.17, 15) is 0 Å². The second-order valence-corrected chi connectivity index (χ2v) is 4.84. The van der Waals surface area contributed by atoms with Crippen molar-refractivity contribution in [3.8, 4) is 0 Å². The van der Waals surface area contributed by atoms with Gasteiger partial charge in [-0.1, -0.05) is 11.6 Å². The van der Waals surface area contributed by atoms with Gasteiger partial charge in [-0.2, -0.15) is 0 Å². The van der Waals surface area contributed by atoms with Crippen LogP contribution in [0.4, 0.5) is 5.69 Å². The Morgan fingerprint density at radius 3 is 2.94 bits per heavy atom. The van der Waals surface area contributed by atoms with Crippen molar-refractivity contribution in [2.45, 2.75) is 19.9 Å². The highest BCUT2D eigenvalue weighted by atomic mass is 35.5. The highest BCUT2D eigenvalue weighted by Gasteiger charge is 2.11. The average Bonchev–Trinajstić information content (AvgIpc) is 2.76. The van der Waals surface area contributed by atoms with Crippen molar-refractivity contribution in [1.29, 1.82) is 0 Å². The van der Waals surface area contributed by atoms with Crippen LogP contribution in [0.2, 0.25) is 5.15 Å². The number of anilines is 1. The van der Waals surface area contributed by atoms with E-state index in [1.165, 1.54) is 4.88 Å². The molecule has 0 aliphatic carbocycles. The number of nitrogens with one attached hydrogen (secondary N) is 1. The van der Waals surface area contributed by atoms with Crippen molar-refractivity contribution >= 4 is 28.6 Å². The molecule has 0 radical (unpaired) electrons. The molecule has 0 spiro atoms. The molecule has 1 unspecified atom stereocenters. The van der Waals surface area contributed by atoms with Gasteiger partial charge in [0.2, 0.25) is 0 Å². The summed E-state index contributed by atoms with van der Waals surface area (Å²) < 4.78 is 0. The Bertz CT molecular complexity index is 450. The predicted octanol–water partition coefficient (Wildman–Crippen LogP) is 3.67. The lowest BCUT2D eigenvalue weighted by atomic mass is 10.2. The van der Waals surface area contributed by atoms with Crippen molar-refractivity contribution in [3.05, 3.63) is 39.6 Å². The van der Waals surface area contributed by atoms with Crippen LogP contribution in [0.15, 0.2) is 24.0 Å². The number of rotatable bonds is 3. The predicted molar refractivity (Wildman–Crippen MR) is 68.1 cm³/mol. The van der Waals surface area contributed by atoms with Gasteiger partial charge in [0.05, 0.1) is 17.2 Å². The van der Waals surface area contributed by atoms with Crippen LogP contribution < -0.4 is 5.32 Å². The zero-order valence-electron chi connectivity index (χ0n) is 9.07.